The Labute approximate surface area is 170 Å². The van der Waals surface area contributed by atoms with Crippen molar-refractivity contribution in [2.24, 2.45) is 5.92 Å². The number of hydrogen-bond acceptors (Lipinski definition) is 9. The number of non-ortho nitro benzene ring substituents is 1. The number of thioether (sulfide) groups is 1. The quantitative estimate of drug-likeness (QED) is 0.269. The number of nitro benzene ring substituents is 1. The maximum atomic E-state index is 12.3. The zero-order valence-corrected chi connectivity index (χ0v) is 17.8. The van der Waals surface area contributed by atoms with E-state index >= 15 is 0 Å². The molecule has 13 heteroatoms. The highest BCUT2D eigenvalue weighted by molar-refractivity contribution is 8.01. The van der Waals surface area contributed by atoms with Crippen LogP contribution in [0, 0.1) is 16.0 Å². The lowest BCUT2D eigenvalue weighted by Crippen LogP contribution is -2.37. The summed E-state index contributed by atoms with van der Waals surface area (Å²) in [6.45, 7) is 3.60. The third-order valence-corrected chi connectivity index (χ3v) is 6.75. The molecule has 152 valence electrons. The number of carbonyl (C=O) groups excluding carboxylic acids is 1. The Morgan fingerprint density at radius 3 is 2.71 bits per heavy atom. The first-order valence-electron chi connectivity index (χ1n) is 8.04. The van der Waals surface area contributed by atoms with Crippen molar-refractivity contribution in [3.05, 3.63) is 34.4 Å². The van der Waals surface area contributed by atoms with Gasteiger partial charge in [0.25, 0.3) is 5.69 Å². The fourth-order valence-electron chi connectivity index (χ4n) is 2.01. The van der Waals surface area contributed by atoms with Gasteiger partial charge in [-0.1, -0.05) is 43.0 Å². The largest absolute Gasteiger partial charge is 0.299 e. The number of nitro groups is 1. The summed E-state index contributed by atoms with van der Waals surface area (Å²) in [5.41, 5.74) is -0.250. The van der Waals surface area contributed by atoms with E-state index < -0.39 is 27.4 Å². The summed E-state index contributed by atoms with van der Waals surface area (Å²) in [6.07, 6.45) is 0.921. The predicted octanol–water partition coefficient (Wildman–Crippen LogP) is 2.60. The second-order valence-electron chi connectivity index (χ2n) is 6.17. The summed E-state index contributed by atoms with van der Waals surface area (Å²) in [7, 11) is -3.85. The summed E-state index contributed by atoms with van der Waals surface area (Å²) >= 11 is 2.71. The van der Waals surface area contributed by atoms with E-state index in [0.29, 0.717) is 10.3 Å². The van der Waals surface area contributed by atoms with Gasteiger partial charge in [-0.3, -0.25) is 24.5 Å². The lowest BCUT2D eigenvalue weighted by atomic mass is 10.3. The molecule has 1 heterocycles. The van der Waals surface area contributed by atoms with Crippen LogP contribution >= 0.6 is 23.1 Å². The van der Waals surface area contributed by atoms with Gasteiger partial charge >= 0.3 is 0 Å². The molecule has 0 saturated carbocycles. The molecule has 0 saturated heterocycles. The van der Waals surface area contributed by atoms with E-state index in [1.54, 1.807) is 0 Å². The number of aromatic nitrogens is 2. The molecule has 0 aliphatic carbocycles. The Morgan fingerprint density at radius 2 is 2.11 bits per heavy atom. The van der Waals surface area contributed by atoms with Crippen LogP contribution in [0.1, 0.15) is 13.8 Å². The van der Waals surface area contributed by atoms with Gasteiger partial charge in [-0.2, -0.15) is 0 Å². The van der Waals surface area contributed by atoms with Crippen molar-refractivity contribution in [1.82, 2.24) is 10.2 Å². The van der Waals surface area contributed by atoms with Gasteiger partial charge in [0.05, 0.1) is 16.9 Å². The summed E-state index contributed by atoms with van der Waals surface area (Å²) in [5, 5.41) is 21.5. The lowest BCUT2D eigenvalue weighted by Gasteiger charge is -2.21. The second-order valence-corrected chi connectivity index (χ2v) is 10.3. The molecule has 0 fully saturated rings. The van der Waals surface area contributed by atoms with Crippen molar-refractivity contribution in [3.63, 3.8) is 0 Å². The first kappa shape index (κ1) is 22.0. The number of carbonyl (C=O) groups is 1. The highest BCUT2D eigenvalue weighted by Crippen LogP contribution is 2.27. The number of hydrogen-bond donors (Lipinski definition) is 1. The molecule has 28 heavy (non-hydrogen) atoms. The van der Waals surface area contributed by atoms with Crippen LogP contribution in [0.4, 0.5) is 16.5 Å². The van der Waals surface area contributed by atoms with Gasteiger partial charge in [0.2, 0.25) is 21.1 Å². The molecule has 0 unspecified atom stereocenters. The molecule has 0 bridgehead atoms. The van der Waals surface area contributed by atoms with Crippen LogP contribution in [0.15, 0.2) is 28.6 Å². The standard InChI is InChI=1S/C15H19N5O5S3/c1-10(2)9-26-15-18-17-14(27-15)16-13(21)8-19(28(3,24)25)11-5-4-6-12(7-11)20(22)23/h4-7,10H,8-9H2,1-3H3,(H,16,17,21). The minimum absolute atomic E-state index is 0.0253. The molecule has 1 N–H and O–H groups in total. The van der Waals surface area contributed by atoms with E-state index in [-0.39, 0.29) is 16.5 Å². The lowest BCUT2D eigenvalue weighted by molar-refractivity contribution is -0.384. The number of amides is 1. The van der Waals surface area contributed by atoms with Gasteiger partial charge in [0.15, 0.2) is 4.34 Å². The van der Waals surface area contributed by atoms with Crippen LogP contribution in [0.3, 0.4) is 0 Å². The number of nitrogens with zero attached hydrogens (tertiary/aromatic N) is 4. The van der Waals surface area contributed by atoms with Crippen molar-refractivity contribution < 1.29 is 18.1 Å². The monoisotopic (exact) mass is 445 g/mol. The van der Waals surface area contributed by atoms with Gasteiger partial charge < -0.3 is 0 Å². The highest BCUT2D eigenvalue weighted by Gasteiger charge is 2.23. The maximum Gasteiger partial charge on any atom is 0.271 e. The fourth-order valence-corrected chi connectivity index (χ4v) is 4.60. The average molecular weight is 446 g/mol. The molecule has 0 radical (unpaired) electrons. The topological polar surface area (TPSA) is 135 Å². The van der Waals surface area contributed by atoms with Gasteiger partial charge in [-0.05, 0) is 12.0 Å². The van der Waals surface area contributed by atoms with Crippen LogP contribution in [0.2, 0.25) is 0 Å². The Morgan fingerprint density at radius 1 is 1.39 bits per heavy atom. The average Bonchev–Trinajstić information content (AvgIpc) is 3.04. The van der Waals surface area contributed by atoms with Crippen molar-refractivity contribution in [1.29, 1.82) is 0 Å². The molecule has 1 aromatic heterocycles. The van der Waals surface area contributed by atoms with Crippen molar-refractivity contribution in [2.45, 2.75) is 18.2 Å². The Hall–Kier alpha value is -2.25. The fraction of sp³-hybridized carbons (Fsp3) is 0.400. The molecular formula is C15H19N5O5S3. The molecule has 1 aromatic carbocycles. The Balaban J connectivity index is 2.12. The van der Waals surface area contributed by atoms with Gasteiger partial charge in [0.1, 0.15) is 6.54 Å². The highest BCUT2D eigenvalue weighted by atomic mass is 32.2. The summed E-state index contributed by atoms with van der Waals surface area (Å²) < 4.78 is 25.7. The smallest absolute Gasteiger partial charge is 0.271 e. The van der Waals surface area contributed by atoms with E-state index in [1.807, 2.05) is 0 Å². The number of sulfonamides is 1. The second kappa shape index (κ2) is 9.30. The minimum Gasteiger partial charge on any atom is -0.299 e. The zero-order chi connectivity index (χ0) is 20.9. The Bertz CT molecular complexity index is 960. The minimum atomic E-state index is -3.85. The normalized spacial score (nSPS) is 11.4. The van der Waals surface area contributed by atoms with E-state index in [2.05, 4.69) is 29.4 Å². The molecule has 1 amide bonds. The van der Waals surface area contributed by atoms with Crippen molar-refractivity contribution in [3.8, 4) is 0 Å². The first-order chi connectivity index (χ1) is 13.1. The molecule has 0 atom stereocenters. The summed E-state index contributed by atoms with van der Waals surface area (Å²) in [6, 6.07) is 5.07. The van der Waals surface area contributed by atoms with Gasteiger partial charge in [-0.15, -0.1) is 10.2 Å². The first-order valence-corrected chi connectivity index (χ1v) is 11.7. The predicted molar refractivity (Wildman–Crippen MR) is 109 cm³/mol. The van der Waals surface area contributed by atoms with Crippen LogP contribution in [0.5, 0.6) is 0 Å². The number of nitrogens with one attached hydrogen (secondary N) is 1. The number of anilines is 2. The molecule has 10 nitrogen and oxygen atoms in total. The van der Waals surface area contributed by atoms with Crippen molar-refractivity contribution >= 4 is 55.5 Å². The third kappa shape index (κ3) is 6.42. The summed E-state index contributed by atoms with van der Waals surface area (Å²) in [4.78, 5) is 22.6. The molecule has 0 spiro atoms. The van der Waals surface area contributed by atoms with E-state index in [9.17, 15) is 23.3 Å². The number of rotatable bonds is 9. The molecule has 0 aliphatic rings. The SMILES string of the molecule is CC(C)CSc1nnc(NC(=O)CN(c2cccc([N+](=O)[O-])c2)S(C)(=O)=O)s1. The molecular weight excluding hydrogens is 426 g/mol. The van der Waals surface area contributed by atoms with E-state index in [4.69, 9.17) is 0 Å². The molecule has 2 rings (SSSR count). The number of benzene rings is 1. The van der Waals surface area contributed by atoms with Crippen LogP contribution < -0.4 is 9.62 Å². The van der Waals surface area contributed by atoms with E-state index in [0.717, 1.165) is 22.4 Å². The van der Waals surface area contributed by atoms with Crippen molar-refractivity contribution in [2.75, 3.05) is 28.2 Å². The van der Waals surface area contributed by atoms with E-state index in [1.165, 1.54) is 41.3 Å². The summed E-state index contributed by atoms with van der Waals surface area (Å²) in [5.74, 6) is 0.704. The molecule has 2 aromatic rings. The zero-order valence-electron chi connectivity index (χ0n) is 15.4. The van der Waals surface area contributed by atoms with Crippen LogP contribution in [-0.4, -0.2) is 48.0 Å². The van der Waals surface area contributed by atoms with Gasteiger partial charge in [0, 0.05) is 17.9 Å². The molecule has 0 aliphatic heterocycles. The van der Waals surface area contributed by atoms with Crippen LogP contribution in [0.25, 0.3) is 0 Å². The van der Waals surface area contributed by atoms with Crippen LogP contribution in [-0.2, 0) is 14.8 Å². The Kier molecular flexibility index (Phi) is 7.32. The maximum absolute atomic E-state index is 12.3. The van der Waals surface area contributed by atoms with Gasteiger partial charge in [-0.25, -0.2) is 8.42 Å². The third-order valence-electron chi connectivity index (χ3n) is 3.21.